The van der Waals surface area contributed by atoms with E-state index in [4.69, 9.17) is 22.1 Å². The zero-order valence-electron chi connectivity index (χ0n) is 12.7. The first-order chi connectivity index (χ1) is 11.7. The minimum absolute atomic E-state index is 0.144. The molecule has 24 heavy (non-hydrogen) atoms. The highest BCUT2D eigenvalue weighted by Crippen LogP contribution is 2.45. The first kappa shape index (κ1) is 14.6. The summed E-state index contributed by atoms with van der Waals surface area (Å²) >= 11 is 6.18. The van der Waals surface area contributed by atoms with E-state index in [1.165, 1.54) is 0 Å². The number of ether oxygens (including phenoxy) is 1. The van der Waals surface area contributed by atoms with Crippen molar-refractivity contribution < 1.29 is 4.74 Å². The lowest BCUT2D eigenvalue weighted by Crippen LogP contribution is -2.21. The van der Waals surface area contributed by atoms with Crippen molar-refractivity contribution in [2.24, 2.45) is 5.73 Å². The SMILES string of the molecule is N#CC1=C(N)Oc2ccc3ccccc3c2[C@@H]1c1cccc(Cl)c1. The fraction of sp³-hybridized carbons (Fsp3) is 0.0500. The molecule has 0 saturated carbocycles. The topological polar surface area (TPSA) is 59.0 Å². The van der Waals surface area contributed by atoms with E-state index in [1.54, 1.807) is 0 Å². The van der Waals surface area contributed by atoms with E-state index in [0.29, 0.717) is 16.3 Å². The highest BCUT2D eigenvalue weighted by atomic mass is 35.5. The Morgan fingerprint density at radius 1 is 1.04 bits per heavy atom. The van der Waals surface area contributed by atoms with Crippen molar-refractivity contribution in [1.29, 1.82) is 5.26 Å². The van der Waals surface area contributed by atoms with Gasteiger partial charge in [0.2, 0.25) is 5.88 Å². The van der Waals surface area contributed by atoms with Crippen LogP contribution < -0.4 is 10.5 Å². The highest BCUT2D eigenvalue weighted by Gasteiger charge is 2.32. The molecule has 116 valence electrons. The van der Waals surface area contributed by atoms with E-state index in [0.717, 1.165) is 21.9 Å². The molecule has 4 heteroatoms. The fourth-order valence-electron chi connectivity index (χ4n) is 3.26. The molecule has 2 N–H and O–H groups in total. The van der Waals surface area contributed by atoms with Gasteiger partial charge in [0.05, 0.1) is 5.92 Å². The highest BCUT2D eigenvalue weighted by molar-refractivity contribution is 6.30. The Kier molecular flexibility index (Phi) is 3.41. The quantitative estimate of drug-likeness (QED) is 0.702. The Labute approximate surface area is 144 Å². The molecular weight excluding hydrogens is 320 g/mol. The monoisotopic (exact) mass is 332 g/mol. The van der Waals surface area contributed by atoms with Crippen LogP contribution in [0.15, 0.2) is 72.1 Å². The van der Waals surface area contributed by atoms with Crippen LogP contribution in [0.25, 0.3) is 10.8 Å². The normalized spacial score (nSPS) is 16.4. The van der Waals surface area contributed by atoms with E-state index in [-0.39, 0.29) is 11.8 Å². The zero-order chi connectivity index (χ0) is 16.7. The number of nitrogens with two attached hydrogens (primary N) is 1. The van der Waals surface area contributed by atoms with E-state index in [1.807, 2.05) is 60.7 Å². The number of nitriles is 1. The van der Waals surface area contributed by atoms with Crippen molar-refractivity contribution in [1.82, 2.24) is 0 Å². The van der Waals surface area contributed by atoms with E-state index < -0.39 is 0 Å². The maximum absolute atomic E-state index is 9.66. The van der Waals surface area contributed by atoms with Gasteiger partial charge in [0.25, 0.3) is 0 Å². The lowest BCUT2D eigenvalue weighted by atomic mass is 9.81. The van der Waals surface area contributed by atoms with Crippen molar-refractivity contribution in [3.63, 3.8) is 0 Å². The largest absolute Gasteiger partial charge is 0.440 e. The maximum atomic E-state index is 9.66. The average molecular weight is 333 g/mol. The van der Waals surface area contributed by atoms with Crippen molar-refractivity contribution in [3.05, 3.63) is 88.3 Å². The van der Waals surface area contributed by atoms with Crippen LogP contribution in [-0.2, 0) is 0 Å². The van der Waals surface area contributed by atoms with Gasteiger partial charge in [-0.3, -0.25) is 0 Å². The molecule has 1 aliphatic heterocycles. The summed E-state index contributed by atoms with van der Waals surface area (Å²) in [6, 6.07) is 21.7. The van der Waals surface area contributed by atoms with Crippen LogP contribution in [0.3, 0.4) is 0 Å². The van der Waals surface area contributed by atoms with Gasteiger partial charge in [-0.15, -0.1) is 0 Å². The molecule has 4 rings (SSSR count). The Balaban J connectivity index is 2.07. The number of hydrogen-bond acceptors (Lipinski definition) is 3. The Morgan fingerprint density at radius 2 is 1.88 bits per heavy atom. The van der Waals surface area contributed by atoms with Crippen LogP contribution in [0.4, 0.5) is 0 Å². The van der Waals surface area contributed by atoms with Crippen LogP contribution in [-0.4, -0.2) is 0 Å². The second-order valence-electron chi connectivity index (χ2n) is 5.68. The molecule has 3 aromatic carbocycles. The Morgan fingerprint density at radius 3 is 2.67 bits per heavy atom. The molecule has 0 saturated heterocycles. The minimum Gasteiger partial charge on any atom is -0.440 e. The van der Waals surface area contributed by atoms with Crippen molar-refractivity contribution in [2.75, 3.05) is 0 Å². The van der Waals surface area contributed by atoms with Crippen LogP contribution in [0.2, 0.25) is 5.02 Å². The van der Waals surface area contributed by atoms with Crippen LogP contribution >= 0.6 is 11.6 Å². The van der Waals surface area contributed by atoms with Gasteiger partial charge >= 0.3 is 0 Å². The third kappa shape index (κ3) is 2.20. The predicted octanol–water partition coefficient (Wildman–Crippen LogP) is 4.71. The Hall–Kier alpha value is -2.96. The lowest BCUT2D eigenvalue weighted by molar-refractivity contribution is 0.395. The summed E-state index contributed by atoms with van der Waals surface area (Å²) in [6.45, 7) is 0. The van der Waals surface area contributed by atoms with Crippen molar-refractivity contribution >= 4 is 22.4 Å². The first-order valence-electron chi connectivity index (χ1n) is 7.53. The van der Waals surface area contributed by atoms with Gasteiger partial charge in [0.1, 0.15) is 17.4 Å². The fourth-order valence-corrected chi connectivity index (χ4v) is 3.46. The summed E-state index contributed by atoms with van der Waals surface area (Å²) in [4.78, 5) is 0. The molecule has 0 aromatic heterocycles. The van der Waals surface area contributed by atoms with Crippen LogP contribution in [0.1, 0.15) is 17.0 Å². The number of rotatable bonds is 1. The van der Waals surface area contributed by atoms with E-state index in [9.17, 15) is 5.26 Å². The molecule has 0 fully saturated rings. The molecule has 0 spiro atoms. The second-order valence-corrected chi connectivity index (χ2v) is 6.11. The van der Waals surface area contributed by atoms with Gasteiger partial charge in [-0.1, -0.05) is 54.1 Å². The molecule has 0 aliphatic carbocycles. The molecule has 3 nitrogen and oxygen atoms in total. The zero-order valence-corrected chi connectivity index (χ0v) is 13.4. The molecular formula is C20H13ClN2O. The smallest absolute Gasteiger partial charge is 0.205 e. The minimum atomic E-state index is -0.302. The average Bonchev–Trinajstić information content (AvgIpc) is 2.60. The van der Waals surface area contributed by atoms with Crippen LogP contribution in [0.5, 0.6) is 5.75 Å². The molecule has 0 unspecified atom stereocenters. The van der Waals surface area contributed by atoms with Crippen molar-refractivity contribution in [2.45, 2.75) is 5.92 Å². The predicted molar refractivity (Wildman–Crippen MR) is 94.7 cm³/mol. The van der Waals surface area contributed by atoms with Gasteiger partial charge in [-0.2, -0.15) is 5.26 Å². The number of fused-ring (bicyclic) bond motifs is 3. The lowest BCUT2D eigenvalue weighted by Gasteiger charge is -2.28. The molecule has 0 amide bonds. The summed E-state index contributed by atoms with van der Waals surface area (Å²) in [7, 11) is 0. The number of nitrogens with zero attached hydrogens (tertiary/aromatic N) is 1. The molecule has 1 atom stereocenters. The molecule has 0 bridgehead atoms. The van der Waals surface area contributed by atoms with Gasteiger partial charge in [-0.25, -0.2) is 0 Å². The summed E-state index contributed by atoms with van der Waals surface area (Å²) in [5.74, 6) is 0.518. The molecule has 3 aromatic rings. The molecule has 1 aliphatic rings. The van der Waals surface area contributed by atoms with Gasteiger partial charge in [-0.05, 0) is 34.5 Å². The summed E-state index contributed by atoms with van der Waals surface area (Å²) < 4.78 is 5.73. The molecule has 0 radical (unpaired) electrons. The Bertz CT molecular complexity index is 1030. The van der Waals surface area contributed by atoms with E-state index in [2.05, 4.69) is 6.07 Å². The third-order valence-electron chi connectivity index (χ3n) is 4.30. The number of benzene rings is 3. The van der Waals surface area contributed by atoms with Gasteiger partial charge in [0, 0.05) is 10.6 Å². The second kappa shape index (κ2) is 5.59. The number of allylic oxidation sites excluding steroid dienone is 1. The van der Waals surface area contributed by atoms with Gasteiger partial charge in [0.15, 0.2) is 0 Å². The van der Waals surface area contributed by atoms with Crippen molar-refractivity contribution in [3.8, 4) is 11.8 Å². The number of halogens is 1. The first-order valence-corrected chi connectivity index (χ1v) is 7.91. The standard InChI is InChI=1S/C20H13ClN2O/c21-14-6-3-5-13(10-14)18-16(11-22)20(23)24-17-9-8-12-4-1-2-7-15(12)19(17)18/h1-10,18H,23H2/t18-/m1/s1. The maximum Gasteiger partial charge on any atom is 0.205 e. The molecule has 1 heterocycles. The summed E-state index contributed by atoms with van der Waals surface area (Å²) in [6.07, 6.45) is 0. The number of hydrogen-bond donors (Lipinski definition) is 1. The van der Waals surface area contributed by atoms with Gasteiger partial charge < -0.3 is 10.5 Å². The van der Waals surface area contributed by atoms with Crippen LogP contribution in [0, 0.1) is 11.3 Å². The summed E-state index contributed by atoms with van der Waals surface area (Å²) in [5.41, 5.74) is 8.28. The third-order valence-corrected chi connectivity index (χ3v) is 4.53. The summed E-state index contributed by atoms with van der Waals surface area (Å²) in [5, 5.41) is 12.4. The van der Waals surface area contributed by atoms with E-state index >= 15 is 0 Å².